The molecule has 2 aromatic rings. The normalized spacial score (nSPS) is 22.0. The number of amides is 1. The molecule has 1 fully saturated rings. The lowest BCUT2D eigenvalue weighted by Gasteiger charge is -2.26. The summed E-state index contributed by atoms with van der Waals surface area (Å²) in [5.74, 6) is 0.00600. The van der Waals surface area contributed by atoms with Gasteiger partial charge in [0.15, 0.2) is 0 Å². The van der Waals surface area contributed by atoms with Gasteiger partial charge in [0, 0.05) is 37.2 Å². The molecule has 1 atom stereocenters. The van der Waals surface area contributed by atoms with Crippen molar-refractivity contribution in [2.75, 3.05) is 33.7 Å². The molecule has 1 unspecified atom stereocenters. The number of aromatic nitrogens is 1. The van der Waals surface area contributed by atoms with Crippen LogP contribution in [0.4, 0.5) is 0 Å². The lowest BCUT2D eigenvalue weighted by molar-refractivity contribution is 0.0236. The summed E-state index contributed by atoms with van der Waals surface area (Å²) in [5.41, 5.74) is 0.963. The first kappa shape index (κ1) is 15.1. The van der Waals surface area contributed by atoms with E-state index in [4.69, 9.17) is 0 Å². The summed E-state index contributed by atoms with van der Waals surface area (Å²) >= 11 is 0. The molecule has 118 valence electrons. The van der Waals surface area contributed by atoms with Crippen molar-refractivity contribution in [1.29, 1.82) is 0 Å². The zero-order valence-electron chi connectivity index (χ0n) is 13.4. The summed E-state index contributed by atoms with van der Waals surface area (Å²) < 4.78 is 1.98. The predicted octanol–water partition coefficient (Wildman–Crippen LogP) is 1.32. The van der Waals surface area contributed by atoms with Crippen LogP contribution in [0.5, 0.6) is 0 Å². The number of benzene rings is 1. The van der Waals surface area contributed by atoms with Gasteiger partial charge < -0.3 is 19.5 Å². The molecule has 1 amide bonds. The molecule has 5 nitrogen and oxygen atoms in total. The highest BCUT2D eigenvalue weighted by Gasteiger charge is 2.39. The standard InChI is InChI=1S/C17H23N3O2/c1-18(2)11-17(22)8-9-20(12-17)16(21)14-10-19(3)15-7-5-4-6-13(14)15/h4-7,10,22H,8-9,11-12H2,1-3H3. The molecule has 1 saturated heterocycles. The highest BCUT2D eigenvalue weighted by molar-refractivity contribution is 6.07. The molecule has 1 aromatic heterocycles. The zero-order valence-corrected chi connectivity index (χ0v) is 13.4. The van der Waals surface area contributed by atoms with Crippen molar-refractivity contribution < 1.29 is 9.90 Å². The topological polar surface area (TPSA) is 48.7 Å². The second kappa shape index (κ2) is 5.41. The summed E-state index contributed by atoms with van der Waals surface area (Å²) in [7, 11) is 5.83. The number of β-amino-alcohol motifs (C(OH)–C–C–N with tert-alkyl or cyclic N) is 1. The maximum Gasteiger partial charge on any atom is 0.256 e. The Balaban J connectivity index is 1.85. The molecule has 0 radical (unpaired) electrons. The Kier molecular flexibility index (Phi) is 3.70. The van der Waals surface area contributed by atoms with Crippen molar-refractivity contribution in [3.63, 3.8) is 0 Å². The Labute approximate surface area is 130 Å². The number of likely N-dealkylation sites (N-methyl/N-ethyl adjacent to an activating group) is 1. The van der Waals surface area contributed by atoms with E-state index in [0.717, 1.165) is 10.9 Å². The molecule has 0 spiro atoms. The minimum atomic E-state index is -0.802. The monoisotopic (exact) mass is 301 g/mol. The summed E-state index contributed by atoms with van der Waals surface area (Å²) in [6.45, 7) is 1.58. The van der Waals surface area contributed by atoms with E-state index in [2.05, 4.69) is 0 Å². The molecule has 2 heterocycles. The fourth-order valence-corrected chi connectivity index (χ4v) is 3.43. The molecule has 5 heteroatoms. The average Bonchev–Trinajstić information content (AvgIpc) is 2.99. The third-order valence-electron chi connectivity index (χ3n) is 4.36. The van der Waals surface area contributed by atoms with Crippen LogP contribution in [0, 0.1) is 0 Å². The smallest absolute Gasteiger partial charge is 0.256 e. The molecule has 0 aliphatic carbocycles. The third-order valence-corrected chi connectivity index (χ3v) is 4.36. The number of hydrogen-bond donors (Lipinski definition) is 1. The summed E-state index contributed by atoms with van der Waals surface area (Å²) in [6, 6.07) is 7.91. The Bertz CT molecular complexity index is 707. The second-order valence-corrected chi connectivity index (χ2v) is 6.61. The van der Waals surface area contributed by atoms with Crippen LogP contribution in [-0.4, -0.2) is 64.7 Å². The first-order chi connectivity index (χ1) is 10.4. The van der Waals surface area contributed by atoms with Crippen molar-refractivity contribution >= 4 is 16.8 Å². The minimum Gasteiger partial charge on any atom is -0.387 e. The fourth-order valence-electron chi connectivity index (χ4n) is 3.43. The molecular weight excluding hydrogens is 278 g/mol. The highest BCUT2D eigenvalue weighted by Crippen LogP contribution is 2.27. The first-order valence-corrected chi connectivity index (χ1v) is 7.60. The van der Waals surface area contributed by atoms with Crippen molar-refractivity contribution in [3.8, 4) is 0 Å². The molecule has 1 aromatic carbocycles. The van der Waals surface area contributed by atoms with E-state index in [9.17, 15) is 9.90 Å². The van der Waals surface area contributed by atoms with Gasteiger partial charge in [-0.2, -0.15) is 0 Å². The van der Waals surface area contributed by atoms with Crippen LogP contribution in [0.3, 0.4) is 0 Å². The molecule has 1 aliphatic rings. The maximum absolute atomic E-state index is 12.8. The number of fused-ring (bicyclic) bond motifs is 1. The van der Waals surface area contributed by atoms with E-state index in [1.165, 1.54) is 0 Å². The molecule has 0 bridgehead atoms. The number of carbonyl (C=O) groups excluding carboxylic acids is 1. The molecule has 1 aliphatic heterocycles. The van der Waals surface area contributed by atoms with Gasteiger partial charge in [0.05, 0.1) is 17.7 Å². The van der Waals surface area contributed by atoms with Crippen LogP contribution < -0.4 is 0 Å². The summed E-state index contributed by atoms with van der Waals surface area (Å²) in [5, 5.41) is 11.6. The van der Waals surface area contributed by atoms with Gasteiger partial charge in [-0.1, -0.05) is 18.2 Å². The maximum atomic E-state index is 12.8. The van der Waals surface area contributed by atoms with Gasteiger partial charge in [0.2, 0.25) is 0 Å². The van der Waals surface area contributed by atoms with Crippen LogP contribution in [0.2, 0.25) is 0 Å². The van der Waals surface area contributed by atoms with Gasteiger partial charge >= 0.3 is 0 Å². The van der Waals surface area contributed by atoms with Crippen molar-refractivity contribution in [1.82, 2.24) is 14.4 Å². The number of hydrogen-bond acceptors (Lipinski definition) is 3. The zero-order chi connectivity index (χ0) is 15.9. The largest absolute Gasteiger partial charge is 0.387 e. The molecule has 0 saturated carbocycles. The molecule has 22 heavy (non-hydrogen) atoms. The van der Waals surface area contributed by atoms with Crippen LogP contribution in [0.25, 0.3) is 10.9 Å². The molecular formula is C17H23N3O2. The van der Waals surface area contributed by atoms with E-state index in [1.54, 1.807) is 4.90 Å². The van der Waals surface area contributed by atoms with Crippen LogP contribution in [0.15, 0.2) is 30.5 Å². The fraction of sp³-hybridized carbons (Fsp3) is 0.471. The Morgan fingerprint density at radius 1 is 1.36 bits per heavy atom. The van der Waals surface area contributed by atoms with Crippen LogP contribution >= 0.6 is 0 Å². The number of aliphatic hydroxyl groups is 1. The number of nitrogens with zero attached hydrogens (tertiary/aromatic N) is 3. The predicted molar refractivity (Wildman–Crippen MR) is 86.9 cm³/mol. The lowest BCUT2D eigenvalue weighted by Crippen LogP contribution is -2.43. The quantitative estimate of drug-likeness (QED) is 0.930. The van der Waals surface area contributed by atoms with Gasteiger partial charge in [-0.3, -0.25) is 4.79 Å². The van der Waals surface area contributed by atoms with Gasteiger partial charge in [-0.15, -0.1) is 0 Å². The van der Waals surface area contributed by atoms with Crippen LogP contribution in [-0.2, 0) is 7.05 Å². The number of para-hydroxylation sites is 1. The molecule has 1 N–H and O–H groups in total. The number of rotatable bonds is 3. The van der Waals surface area contributed by atoms with E-state index < -0.39 is 5.60 Å². The summed E-state index contributed by atoms with van der Waals surface area (Å²) in [6.07, 6.45) is 2.51. The van der Waals surface area contributed by atoms with E-state index in [0.29, 0.717) is 31.6 Å². The van der Waals surface area contributed by atoms with Crippen molar-refractivity contribution in [3.05, 3.63) is 36.0 Å². The van der Waals surface area contributed by atoms with Gasteiger partial charge in [0.25, 0.3) is 5.91 Å². The average molecular weight is 301 g/mol. The number of aryl methyl sites for hydroxylation is 1. The second-order valence-electron chi connectivity index (χ2n) is 6.61. The minimum absolute atomic E-state index is 0.00600. The van der Waals surface area contributed by atoms with E-state index in [-0.39, 0.29) is 5.91 Å². The van der Waals surface area contributed by atoms with Crippen molar-refractivity contribution in [2.45, 2.75) is 12.0 Å². The van der Waals surface area contributed by atoms with Gasteiger partial charge in [-0.05, 0) is 26.6 Å². The Morgan fingerprint density at radius 2 is 2.09 bits per heavy atom. The number of carbonyl (C=O) groups is 1. The lowest BCUT2D eigenvalue weighted by atomic mass is 10.0. The van der Waals surface area contributed by atoms with Gasteiger partial charge in [-0.25, -0.2) is 0 Å². The first-order valence-electron chi connectivity index (χ1n) is 7.60. The van der Waals surface area contributed by atoms with Crippen LogP contribution in [0.1, 0.15) is 16.8 Å². The Hall–Kier alpha value is -1.85. The Morgan fingerprint density at radius 3 is 2.82 bits per heavy atom. The van der Waals surface area contributed by atoms with Crippen molar-refractivity contribution in [2.24, 2.45) is 7.05 Å². The van der Waals surface area contributed by atoms with Gasteiger partial charge in [0.1, 0.15) is 0 Å². The van der Waals surface area contributed by atoms with E-state index >= 15 is 0 Å². The van der Waals surface area contributed by atoms with E-state index in [1.807, 2.05) is 61.1 Å². The SMILES string of the molecule is CN(C)CC1(O)CCN(C(=O)c2cn(C)c3ccccc23)C1. The number of likely N-dealkylation sites (tertiary alicyclic amines) is 1. The third kappa shape index (κ3) is 2.62. The highest BCUT2D eigenvalue weighted by atomic mass is 16.3. The molecule has 3 rings (SSSR count). The summed E-state index contributed by atoms with van der Waals surface area (Å²) in [4.78, 5) is 16.6.